The molecule has 2 aromatic rings. The van der Waals surface area contributed by atoms with Crippen LogP contribution in [0.5, 0.6) is 0 Å². The standard InChI is InChI=1S/C31H38FN3O2S/c32-26-13-10-24(11-14-26)22-35-27-21-25(30(36)33-16-19-34-17-6-1-2-7-18-34)12-15-28(27)38-29(31(35)37)20-23-8-4-3-5-9-23/h3-5,8-11,13-14,20,25,27-28H,1-2,6-7,12,15-19,21-22H2,(H,33,36)/b29-20-. The molecule has 1 aliphatic carbocycles. The first-order chi connectivity index (χ1) is 18.6. The zero-order valence-electron chi connectivity index (χ0n) is 22.0. The molecular formula is C31H38FN3O2S. The Morgan fingerprint density at radius 1 is 1.00 bits per heavy atom. The second-order valence-corrected chi connectivity index (χ2v) is 12.0. The number of carbonyl (C=O) groups is 2. The maximum absolute atomic E-state index is 13.8. The minimum absolute atomic E-state index is 0.00773. The Hall–Kier alpha value is -2.64. The topological polar surface area (TPSA) is 52.7 Å². The Bertz CT molecular complexity index is 1120. The van der Waals surface area contributed by atoms with Gasteiger partial charge in [-0.2, -0.15) is 0 Å². The van der Waals surface area contributed by atoms with Crippen LogP contribution in [0, 0.1) is 11.7 Å². The Morgan fingerprint density at radius 2 is 1.74 bits per heavy atom. The lowest BCUT2D eigenvalue weighted by Gasteiger charge is -2.46. The lowest BCUT2D eigenvalue weighted by atomic mass is 9.83. The van der Waals surface area contributed by atoms with E-state index in [1.807, 2.05) is 41.3 Å². The smallest absolute Gasteiger partial charge is 0.260 e. The van der Waals surface area contributed by atoms with Gasteiger partial charge in [-0.15, -0.1) is 11.8 Å². The SMILES string of the molecule is O=C(NCCN1CCCCCC1)C1CCC2S/C(=C\c3ccccc3)C(=O)N(Cc3ccc(F)cc3)C2C1. The zero-order valence-corrected chi connectivity index (χ0v) is 22.8. The molecule has 5 rings (SSSR count). The molecule has 0 bridgehead atoms. The van der Waals surface area contributed by atoms with E-state index in [0.717, 1.165) is 48.5 Å². The van der Waals surface area contributed by atoms with E-state index >= 15 is 0 Å². The summed E-state index contributed by atoms with van der Waals surface area (Å²) in [4.78, 5) is 32.1. The van der Waals surface area contributed by atoms with E-state index in [-0.39, 0.29) is 34.8 Å². The molecular weight excluding hydrogens is 497 g/mol. The van der Waals surface area contributed by atoms with Crippen molar-refractivity contribution < 1.29 is 14.0 Å². The van der Waals surface area contributed by atoms with Gasteiger partial charge in [-0.25, -0.2) is 4.39 Å². The average molecular weight is 536 g/mol. The van der Waals surface area contributed by atoms with Crippen LogP contribution in [-0.2, 0) is 16.1 Å². The van der Waals surface area contributed by atoms with E-state index in [1.54, 1.807) is 23.9 Å². The third kappa shape index (κ3) is 6.86. The van der Waals surface area contributed by atoms with Crippen LogP contribution in [0.3, 0.4) is 0 Å². The molecule has 1 saturated carbocycles. The van der Waals surface area contributed by atoms with Crippen LogP contribution in [0.4, 0.5) is 4.39 Å². The van der Waals surface area contributed by atoms with Crippen molar-refractivity contribution in [1.82, 2.24) is 15.1 Å². The Balaban J connectivity index is 1.27. The van der Waals surface area contributed by atoms with Gasteiger partial charge < -0.3 is 15.1 Å². The first-order valence-corrected chi connectivity index (χ1v) is 14.9. The molecule has 2 heterocycles. The lowest BCUT2D eigenvalue weighted by Crippen LogP contribution is -2.53. The summed E-state index contributed by atoms with van der Waals surface area (Å²) in [5, 5.41) is 3.44. The van der Waals surface area contributed by atoms with Gasteiger partial charge in [-0.05, 0) is 74.5 Å². The molecule has 5 nitrogen and oxygen atoms in total. The molecule has 3 atom stereocenters. The van der Waals surface area contributed by atoms with E-state index in [2.05, 4.69) is 10.2 Å². The van der Waals surface area contributed by atoms with Crippen LogP contribution in [0.1, 0.15) is 56.1 Å². The molecule has 202 valence electrons. The molecule has 0 aromatic heterocycles. The fourth-order valence-corrected chi connectivity index (χ4v) is 7.36. The molecule has 3 fully saturated rings. The summed E-state index contributed by atoms with van der Waals surface area (Å²) in [6.07, 6.45) is 9.47. The summed E-state index contributed by atoms with van der Waals surface area (Å²) in [7, 11) is 0. The first-order valence-electron chi connectivity index (χ1n) is 14.1. The number of nitrogens with one attached hydrogen (secondary N) is 1. The fraction of sp³-hybridized carbons (Fsp3) is 0.484. The highest BCUT2D eigenvalue weighted by Gasteiger charge is 2.44. The number of thioether (sulfide) groups is 1. The number of halogens is 1. The number of rotatable bonds is 7. The number of hydrogen-bond donors (Lipinski definition) is 1. The van der Waals surface area contributed by atoms with Crippen LogP contribution < -0.4 is 5.32 Å². The summed E-state index contributed by atoms with van der Waals surface area (Å²) in [5.41, 5.74) is 1.90. The van der Waals surface area contributed by atoms with Gasteiger partial charge in [0.05, 0.1) is 4.91 Å². The van der Waals surface area contributed by atoms with Gasteiger partial charge >= 0.3 is 0 Å². The van der Waals surface area contributed by atoms with Crippen LogP contribution >= 0.6 is 11.8 Å². The summed E-state index contributed by atoms with van der Waals surface area (Å²) in [6, 6.07) is 16.3. The highest BCUT2D eigenvalue weighted by atomic mass is 32.2. The van der Waals surface area contributed by atoms with Crippen molar-refractivity contribution in [2.75, 3.05) is 26.2 Å². The van der Waals surface area contributed by atoms with E-state index in [9.17, 15) is 14.0 Å². The monoisotopic (exact) mass is 535 g/mol. The highest BCUT2D eigenvalue weighted by molar-refractivity contribution is 8.04. The number of fused-ring (bicyclic) bond motifs is 1. The van der Waals surface area contributed by atoms with Gasteiger partial charge in [0.1, 0.15) is 5.82 Å². The molecule has 7 heteroatoms. The van der Waals surface area contributed by atoms with Crippen molar-refractivity contribution in [3.05, 3.63) is 76.4 Å². The summed E-state index contributed by atoms with van der Waals surface area (Å²) < 4.78 is 13.6. The van der Waals surface area contributed by atoms with E-state index in [4.69, 9.17) is 0 Å². The molecule has 38 heavy (non-hydrogen) atoms. The lowest BCUT2D eigenvalue weighted by molar-refractivity contribution is -0.133. The van der Waals surface area contributed by atoms with Crippen molar-refractivity contribution in [2.24, 2.45) is 5.92 Å². The average Bonchev–Trinajstić information content (AvgIpc) is 3.21. The molecule has 2 aromatic carbocycles. The molecule has 3 aliphatic rings. The molecule has 2 aliphatic heterocycles. The summed E-state index contributed by atoms with van der Waals surface area (Å²) >= 11 is 1.66. The van der Waals surface area contributed by atoms with Crippen molar-refractivity contribution in [3.8, 4) is 0 Å². The highest BCUT2D eigenvalue weighted by Crippen LogP contribution is 2.44. The molecule has 2 saturated heterocycles. The van der Waals surface area contributed by atoms with Crippen LogP contribution in [-0.4, -0.2) is 59.1 Å². The van der Waals surface area contributed by atoms with Gasteiger partial charge in [0.2, 0.25) is 5.91 Å². The van der Waals surface area contributed by atoms with Crippen molar-refractivity contribution in [1.29, 1.82) is 0 Å². The number of likely N-dealkylation sites (tertiary alicyclic amines) is 1. The zero-order chi connectivity index (χ0) is 26.3. The van der Waals surface area contributed by atoms with Crippen LogP contribution in [0.2, 0.25) is 0 Å². The van der Waals surface area contributed by atoms with Gasteiger partial charge in [0, 0.05) is 36.8 Å². The number of benzene rings is 2. The molecule has 0 radical (unpaired) electrons. The van der Waals surface area contributed by atoms with E-state index < -0.39 is 0 Å². The molecule has 1 N–H and O–H groups in total. The van der Waals surface area contributed by atoms with Crippen molar-refractivity contribution in [2.45, 2.75) is 62.8 Å². The molecule has 3 unspecified atom stereocenters. The van der Waals surface area contributed by atoms with E-state index in [1.165, 1.54) is 37.8 Å². The molecule has 0 spiro atoms. The fourth-order valence-electron chi connectivity index (χ4n) is 5.94. The van der Waals surface area contributed by atoms with E-state index in [0.29, 0.717) is 19.5 Å². The van der Waals surface area contributed by atoms with Crippen molar-refractivity contribution in [3.63, 3.8) is 0 Å². The number of carbonyl (C=O) groups excluding carboxylic acids is 2. The summed E-state index contributed by atoms with van der Waals surface area (Å²) in [6.45, 7) is 4.25. The van der Waals surface area contributed by atoms with Crippen LogP contribution in [0.25, 0.3) is 6.08 Å². The summed E-state index contributed by atoms with van der Waals surface area (Å²) in [5.74, 6) is -0.273. The van der Waals surface area contributed by atoms with Gasteiger partial charge in [-0.1, -0.05) is 55.3 Å². The Kier molecular flexibility index (Phi) is 9.18. The third-order valence-corrected chi connectivity index (χ3v) is 9.46. The predicted octanol–water partition coefficient (Wildman–Crippen LogP) is 5.47. The number of nitrogens with zero attached hydrogens (tertiary/aromatic N) is 2. The normalized spacial score (nSPS) is 25.6. The minimum atomic E-state index is -0.286. The maximum atomic E-state index is 13.8. The quantitative estimate of drug-likeness (QED) is 0.478. The molecule has 2 amide bonds. The maximum Gasteiger partial charge on any atom is 0.260 e. The van der Waals surface area contributed by atoms with Gasteiger partial charge in [0.25, 0.3) is 5.91 Å². The second kappa shape index (κ2) is 12.9. The van der Waals surface area contributed by atoms with Gasteiger partial charge in [0.15, 0.2) is 0 Å². The largest absolute Gasteiger partial charge is 0.355 e. The Morgan fingerprint density at radius 3 is 2.47 bits per heavy atom. The number of hydrogen-bond acceptors (Lipinski definition) is 4. The predicted molar refractivity (Wildman–Crippen MR) is 152 cm³/mol. The van der Waals surface area contributed by atoms with Crippen LogP contribution in [0.15, 0.2) is 59.5 Å². The number of amides is 2. The third-order valence-electron chi connectivity index (χ3n) is 8.07. The second-order valence-electron chi connectivity index (χ2n) is 10.8. The first kappa shape index (κ1) is 26.9. The minimum Gasteiger partial charge on any atom is -0.355 e. The van der Waals surface area contributed by atoms with Crippen molar-refractivity contribution >= 4 is 29.7 Å². The van der Waals surface area contributed by atoms with Gasteiger partial charge in [-0.3, -0.25) is 9.59 Å². The Labute approximate surface area is 229 Å².